The first-order chi connectivity index (χ1) is 14.0. The number of aromatic nitrogens is 3. The van der Waals surface area contributed by atoms with Gasteiger partial charge in [-0.3, -0.25) is 9.59 Å². The van der Waals surface area contributed by atoms with Crippen LogP contribution in [-0.4, -0.2) is 64.1 Å². The molecule has 0 aromatic carbocycles. The number of imidazole rings is 1. The molecule has 1 saturated heterocycles. The molecule has 2 amide bonds. The first kappa shape index (κ1) is 21.2. The summed E-state index contributed by atoms with van der Waals surface area (Å²) in [6.07, 6.45) is 5.38. The predicted octanol–water partition coefficient (Wildman–Crippen LogP) is 2.09. The van der Waals surface area contributed by atoms with Gasteiger partial charge >= 0.3 is 0 Å². The number of aryl methyl sites for hydroxylation is 1. The number of rotatable bonds is 8. The fourth-order valence-corrected chi connectivity index (χ4v) is 4.05. The van der Waals surface area contributed by atoms with Crippen molar-refractivity contribution in [2.24, 2.45) is 0 Å². The quantitative estimate of drug-likeness (QED) is 0.732. The van der Waals surface area contributed by atoms with Gasteiger partial charge in [0.25, 0.3) is 0 Å². The highest BCUT2D eigenvalue weighted by atomic mass is 16.5. The average molecular weight is 402 g/mol. The van der Waals surface area contributed by atoms with Gasteiger partial charge in [0.15, 0.2) is 5.65 Å². The second-order valence-electron chi connectivity index (χ2n) is 7.76. The normalized spacial score (nSPS) is 16.2. The van der Waals surface area contributed by atoms with E-state index in [1.807, 2.05) is 17.0 Å². The van der Waals surface area contributed by atoms with Crippen LogP contribution in [0.5, 0.6) is 0 Å². The Balaban J connectivity index is 1.56. The lowest BCUT2D eigenvalue weighted by atomic mass is 10.0. The van der Waals surface area contributed by atoms with E-state index >= 15 is 0 Å². The summed E-state index contributed by atoms with van der Waals surface area (Å²) >= 11 is 0. The highest BCUT2D eigenvalue weighted by molar-refractivity contribution is 5.76. The maximum absolute atomic E-state index is 12.6. The van der Waals surface area contributed by atoms with E-state index in [1.165, 1.54) is 6.92 Å². The third-order valence-electron chi connectivity index (χ3n) is 5.42. The minimum atomic E-state index is -0.00476. The Morgan fingerprint density at radius 3 is 2.79 bits per heavy atom. The van der Waals surface area contributed by atoms with Gasteiger partial charge < -0.3 is 19.5 Å². The molecule has 2 aromatic heterocycles. The van der Waals surface area contributed by atoms with Crippen LogP contribution in [0.3, 0.4) is 0 Å². The molecule has 0 aliphatic carbocycles. The van der Waals surface area contributed by atoms with Gasteiger partial charge in [-0.2, -0.15) is 0 Å². The molecule has 1 fully saturated rings. The van der Waals surface area contributed by atoms with Gasteiger partial charge in [0.1, 0.15) is 11.3 Å². The Bertz CT molecular complexity index is 842. The maximum Gasteiger partial charge on any atom is 0.222 e. The molecular formula is C21H31N5O3. The summed E-state index contributed by atoms with van der Waals surface area (Å²) in [5.74, 6) is 1.12. The van der Waals surface area contributed by atoms with Gasteiger partial charge in [-0.1, -0.05) is 0 Å². The van der Waals surface area contributed by atoms with E-state index in [0.29, 0.717) is 26.1 Å². The molecule has 0 bridgehead atoms. The van der Waals surface area contributed by atoms with E-state index in [1.54, 1.807) is 13.3 Å². The van der Waals surface area contributed by atoms with Gasteiger partial charge in [-0.05, 0) is 38.3 Å². The molecule has 0 spiro atoms. The Hall–Kier alpha value is -2.48. The minimum Gasteiger partial charge on any atom is -0.383 e. The molecule has 2 aromatic rings. The molecular weight excluding hydrogens is 370 g/mol. The van der Waals surface area contributed by atoms with Gasteiger partial charge in [0.05, 0.1) is 12.6 Å². The molecule has 3 heterocycles. The van der Waals surface area contributed by atoms with Gasteiger partial charge in [0, 0.05) is 52.2 Å². The van der Waals surface area contributed by atoms with Crippen LogP contribution in [-0.2, 0) is 20.7 Å². The SMILES string of the molecule is COC[C@@H](C)n1c(CCCC(=O)N2CCC(NC(C)=O)CC2)nc2cccnc21. The summed E-state index contributed by atoms with van der Waals surface area (Å²) < 4.78 is 7.45. The van der Waals surface area contributed by atoms with E-state index in [2.05, 4.69) is 21.8 Å². The van der Waals surface area contributed by atoms with Crippen LogP contribution in [0, 0.1) is 0 Å². The lowest BCUT2D eigenvalue weighted by Gasteiger charge is -2.32. The lowest BCUT2D eigenvalue weighted by Crippen LogP contribution is -2.46. The van der Waals surface area contributed by atoms with Crippen LogP contribution in [0.15, 0.2) is 18.3 Å². The third-order valence-corrected chi connectivity index (χ3v) is 5.42. The molecule has 0 unspecified atom stereocenters. The number of ether oxygens (including phenoxy) is 1. The van der Waals surface area contributed by atoms with Crippen molar-refractivity contribution in [1.29, 1.82) is 0 Å². The predicted molar refractivity (Wildman–Crippen MR) is 110 cm³/mol. The fourth-order valence-electron chi connectivity index (χ4n) is 4.05. The van der Waals surface area contributed by atoms with E-state index in [0.717, 1.165) is 42.7 Å². The van der Waals surface area contributed by atoms with Crippen molar-refractivity contribution in [2.75, 3.05) is 26.8 Å². The van der Waals surface area contributed by atoms with E-state index in [4.69, 9.17) is 9.72 Å². The number of hydrogen-bond donors (Lipinski definition) is 1. The van der Waals surface area contributed by atoms with E-state index in [-0.39, 0.29) is 23.9 Å². The summed E-state index contributed by atoms with van der Waals surface area (Å²) in [6.45, 7) is 5.62. The molecule has 1 aliphatic rings. The molecule has 1 N–H and O–H groups in total. The van der Waals surface area contributed by atoms with Crippen molar-refractivity contribution in [3.8, 4) is 0 Å². The molecule has 8 nitrogen and oxygen atoms in total. The molecule has 0 saturated carbocycles. The van der Waals surface area contributed by atoms with Crippen LogP contribution in [0.2, 0.25) is 0 Å². The lowest BCUT2D eigenvalue weighted by molar-refractivity contribution is -0.132. The van der Waals surface area contributed by atoms with Gasteiger partial charge in [-0.15, -0.1) is 0 Å². The summed E-state index contributed by atoms with van der Waals surface area (Å²) in [4.78, 5) is 34.9. The number of nitrogens with one attached hydrogen (secondary N) is 1. The van der Waals surface area contributed by atoms with Gasteiger partial charge in [-0.25, -0.2) is 9.97 Å². The van der Waals surface area contributed by atoms with Crippen LogP contribution in [0.1, 0.15) is 51.4 Å². The molecule has 8 heteroatoms. The van der Waals surface area contributed by atoms with Crippen molar-refractivity contribution in [3.05, 3.63) is 24.2 Å². The Morgan fingerprint density at radius 2 is 2.10 bits per heavy atom. The molecule has 158 valence electrons. The summed E-state index contributed by atoms with van der Waals surface area (Å²) in [7, 11) is 1.69. The maximum atomic E-state index is 12.6. The van der Waals surface area contributed by atoms with E-state index < -0.39 is 0 Å². The second-order valence-corrected chi connectivity index (χ2v) is 7.76. The smallest absolute Gasteiger partial charge is 0.222 e. The van der Waals surface area contributed by atoms with Crippen molar-refractivity contribution >= 4 is 23.0 Å². The molecule has 0 radical (unpaired) electrons. The number of carbonyl (C=O) groups is 2. The van der Waals surface area contributed by atoms with Gasteiger partial charge in [0.2, 0.25) is 11.8 Å². The largest absolute Gasteiger partial charge is 0.383 e. The van der Waals surface area contributed by atoms with E-state index in [9.17, 15) is 9.59 Å². The number of carbonyl (C=O) groups excluding carboxylic acids is 2. The third kappa shape index (κ3) is 5.32. The number of amides is 2. The first-order valence-corrected chi connectivity index (χ1v) is 10.3. The molecule has 29 heavy (non-hydrogen) atoms. The Kier molecular flexibility index (Phi) is 7.19. The van der Waals surface area contributed by atoms with Crippen LogP contribution in [0.25, 0.3) is 11.2 Å². The monoisotopic (exact) mass is 401 g/mol. The number of likely N-dealkylation sites (tertiary alicyclic amines) is 1. The zero-order chi connectivity index (χ0) is 20.8. The van der Waals surface area contributed by atoms with Crippen molar-refractivity contribution in [3.63, 3.8) is 0 Å². The average Bonchev–Trinajstić information content (AvgIpc) is 3.06. The summed E-state index contributed by atoms with van der Waals surface area (Å²) in [5, 5.41) is 2.94. The highest BCUT2D eigenvalue weighted by Crippen LogP contribution is 2.21. The number of fused-ring (bicyclic) bond motifs is 1. The molecule has 1 aliphatic heterocycles. The first-order valence-electron chi connectivity index (χ1n) is 10.3. The molecule has 3 rings (SSSR count). The Labute approximate surface area is 171 Å². The molecule has 1 atom stereocenters. The number of methoxy groups -OCH3 is 1. The highest BCUT2D eigenvalue weighted by Gasteiger charge is 2.23. The zero-order valence-electron chi connectivity index (χ0n) is 17.6. The van der Waals surface area contributed by atoms with Crippen LogP contribution in [0.4, 0.5) is 0 Å². The number of hydrogen-bond acceptors (Lipinski definition) is 5. The Morgan fingerprint density at radius 1 is 1.34 bits per heavy atom. The zero-order valence-corrected chi connectivity index (χ0v) is 17.6. The minimum absolute atomic E-state index is 0.00476. The number of pyridine rings is 1. The van der Waals surface area contributed by atoms with Crippen molar-refractivity contribution in [2.45, 2.75) is 58.0 Å². The second kappa shape index (κ2) is 9.82. The van der Waals surface area contributed by atoms with Crippen molar-refractivity contribution in [1.82, 2.24) is 24.8 Å². The van der Waals surface area contributed by atoms with Crippen molar-refractivity contribution < 1.29 is 14.3 Å². The fraction of sp³-hybridized carbons (Fsp3) is 0.619. The summed E-state index contributed by atoms with van der Waals surface area (Å²) in [6, 6.07) is 4.16. The summed E-state index contributed by atoms with van der Waals surface area (Å²) in [5.41, 5.74) is 1.73. The van der Waals surface area contributed by atoms with Crippen LogP contribution >= 0.6 is 0 Å². The standard InChI is InChI=1S/C21H31N5O3/c1-15(14-29-3)26-19(24-18-6-5-11-22-21(18)26)7-4-8-20(28)25-12-9-17(10-13-25)23-16(2)27/h5-6,11,15,17H,4,7-10,12-14H2,1-3H3,(H,23,27)/t15-/m1/s1. The number of piperidine rings is 1. The van der Waals surface area contributed by atoms with Crippen LogP contribution < -0.4 is 5.32 Å². The topological polar surface area (TPSA) is 89.4 Å². The number of nitrogens with zero attached hydrogens (tertiary/aromatic N) is 4.